The van der Waals surface area contributed by atoms with Gasteiger partial charge in [-0.2, -0.15) is 0 Å². The molecule has 0 aliphatic heterocycles. The number of nitrogens with zero attached hydrogens (tertiary/aromatic N) is 2. The predicted octanol–water partition coefficient (Wildman–Crippen LogP) is 3.37. The van der Waals surface area contributed by atoms with Crippen LogP contribution in [-0.2, 0) is 0 Å². The number of amides is 2. The van der Waals surface area contributed by atoms with Crippen molar-refractivity contribution in [2.24, 2.45) is 0 Å². The molecule has 2 rings (SSSR count). The smallest absolute Gasteiger partial charge is 0.321 e. The fourth-order valence-corrected chi connectivity index (χ4v) is 2.35. The molecule has 6 heteroatoms. The molecule has 2 N–H and O–H groups in total. The zero-order valence-electron chi connectivity index (χ0n) is 12.9. The zero-order valence-corrected chi connectivity index (χ0v) is 13.6. The summed E-state index contributed by atoms with van der Waals surface area (Å²) < 4.78 is 1.87. The number of nitrogens with one attached hydrogen (secondary N) is 1. The molecule has 0 unspecified atom stereocenters. The molecular weight excluding hydrogens is 302 g/mol. The van der Waals surface area contributed by atoms with Crippen molar-refractivity contribution < 1.29 is 9.90 Å². The van der Waals surface area contributed by atoms with E-state index in [4.69, 9.17) is 11.6 Å². The molecule has 2 amide bonds. The van der Waals surface area contributed by atoms with Crippen LogP contribution in [0.1, 0.15) is 13.8 Å². The van der Waals surface area contributed by atoms with Crippen molar-refractivity contribution in [1.82, 2.24) is 9.47 Å². The maximum Gasteiger partial charge on any atom is 0.321 e. The summed E-state index contributed by atoms with van der Waals surface area (Å²) in [4.78, 5) is 13.7. The molecule has 0 fully saturated rings. The third kappa shape index (κ3) is 4.26. The van der Waals surface area contributed by atoms with E-state index in [9.17, 15) is 9.90 Å². The second-order valence-electron chi connectivity index (χ2n) is 5.85. The van der Waals surface area contributed by atoms with Gasteiger partial charge in [0.05, 0.1) is 23.5 Å². The molecule has 22 heavy (non-hydrogen) atoms. The largest absolute Gasteiger partial charge is 0.389 e. The molecule has 0 aliphatic carbocycles. The molecule has 0 bridgehead atoms. The van der Waals surface area contributed by atoms with Gasteiger partial charge in [-0.3, -0.25) is 0 Å². The lowest BCUT2D eigenvalue weighted by Gasteiger charge is -2.26. The van der Waals surface area contributed by atoms with E-state index in [2.05, 4.69) is 5.32 Å². The topological polar surface area (TPSA) is 57.5 Å². The number of hydrogen-bond donors (Lipinski definition) is 2. The van der Waals surface area contributed by atoms with E-state index >= 15 is 0 Å². The van der Waals surface area contributed by atoms with Crippen LogP contribution in [-0.4, -0.2) is 39.8 Å². The summed E-state index contributed by atoms with van der Waals surface area (Å²) in [6, 6.07) is 8.76. The first-order chi connectivity index (χ1) is 10.3. The van der Waals surface area contributed by atoms with Crippen LogP contribution < -0.4 is 5.32 Å². The second-order valence-corrected chi connectivity index (χ2v) is 6.29. The van der Waals surface area contributed by atoms with E-state index in [1.807, 2.05) is 29.1 Å². The Labute approximate surface area is 135 Å². The van der Waals surface area contributed by atoms with Gasteiger partial charge in [0.25, 0.3) is 0 Å². The molecular formula is C16H20ClN3O2. The third-order valence-corrected chi connectivity index (χ3v) is 3.29. The van der Waals surface area contributed by atoms with Gasteiger partial charge in [0.2, 0.25) is 0 Å². The molecule has 0 saturated carbocycles. The number of rotatable bonds is 4. The van der Waals surface area contributed by atoms with Crippen LogP contribution in [0.15, 0.2) is 42.7 Å². The Kier molecular flexibility index (Phi) is 4.78. The van der Waals surface area contributed by atoms with Gasteiger partial charge < -0.3 is 19.9 Å². The predicted molar refractivity (Wildman–Crippen MR) is 88.7 cm³/mol. The summed E-state index contributed by atoms with van der Waals surface area (Å²) in [6.07, 6.45) is 3.75. The molecule has 0 spiro atoms. The highest BCUT2D eigenvalue weighted by molar-refractivity contribution is 6.30. The van der Waals surface area contributed by atoms with Crippen molar-refractivity contribution >= 4 is 23.3 Å². The van der Waals surface area contributed by atoms with Gasteiger partial charge in [0.15, 0.2) is 0 Å². The summed E-state index contributed by atoms with van der Waals surface area (Å²) >= 11 is 6.05. The Morgan fingerprint density at radius 3 is 2.59 bits per heavy atom. The molecule has 1 aromatic carbocycles. The number of hydrogen-bond acceptors (Lipinski definition) is 2. The molecule has 2 aromatic rings. The molecule has 118 valence electrons. The Balaban J connectivity index is 2.21. The first-order valence-electron chi connectivity index (χ1n) is 6.94. The number of aromatic nitrogens is 1. The van der Waals surface area contributed by atoms with Crippen LogP contribution in [0.2, 0.25) is 5.02 Å². The quantitative estimate of drug-likeness (QED) is 0.907. The van der Waals surface area contributed by atoms with Gasteiger partial charge in [-0.25, -0.2) is 4.79 Å². The van der Waals surface area contributed by atoms with Crippen molar-refractivity contribution in [3.8, 4) is 5.69 Å². The fourth-order valence-electron chi connectivity index (χ4n) is 2.18. The molecule has 1 aromatic heterocycles. The summed E-state index contributed by atoms with van der Waals surface area (Å²) in [5.74, 6) is 0. The molecule has 5 nitrogen and oxygen atoms in total. The normalized spacial score (nSPS) is 11.3. The average Bonchev–Trinajstić information content (AvgIpc) is 2.92. The first-order valence-corrected chi connectivity index (χ1v) is 7.31. The van der Waals surface area contributed by atoms with Crippen LogP contribution in [0.5, 0.6) is 0 Å². The maximum atomic E-state index is 12.3. The number of anilines is 1. The lowest BCUT2D eigenvalue weighted by atomic mass is 10.1. The van der Waals surface area contributed by atoms with Crippen LogP contribution >= 0.6 is 11.6 Å². The minimum Gasteiger partial charge on any atom is -0.389 e. The number of urea groups is 1. The highest BCUT2D eigenvalue weighted by atomic mass is 35.5. The first kappa shape index (κ1) is 16.4. The molecule has 0 radical (unpaired) electrons. The van der Waals surface area contributed by atoms with E-state index in [0.29, 0.717) is 10.7 Å². The number of carbonyl (C=O) groups excluding carboxylic acids is 1. The SMILES string of the molecule is CN(CC(C)(C)O)C(=O)Nc1ccc(Cl)cc1-n1cccc1. The highest BCUT2D eigenvalue weighted by Crippen LogP contribution is 2.25. The Morgan fingerprint density at radius 1 is 1.36 bits per heavy atom. The third-order valence-electron chi connectivity index (χ3n) is 3.05. The van der Waals surface area contributed by atoms with E-state index in [-0.39, 0.29) is 12.6 Å². The van der Waals surface area contributed by atoms with Gasteiger partial charge in [-0.15, -0.1) is 0 Å². The molecule has 0 aliphatic rings. The average molecular weight is 322 g/mol. The number of carbonyl (C=O) groups is 1. The lowest BCUT2D eigenvalue weighted by molar-refractivity contribution is 0.0550. The van der Waals surface area contributed by atoms with Crippen LogP contribution in [0.25, 0.3) is 5.69 Å². The number of aliphatic hydroxyl groups is 1. The van der Waals surface area contributed by atoms with Crippen molar-refractivity contribution in [2.75, 3.05) is 18.9 Å². The monoisotopic (exact) mass is 321 g/mol. The van der Waals surface area contributed by atoms with Crippen LogP contribution in [0.4, 0.5) is 10.5 Å². The summed E-state index contributed by atoms with van der Waals surface area (Å²) in [7, 11) is 1.64. The molecule has 0 atom stereocenters. The summed E-state index contributed by atoms with van der Waals surface area (Å²) in [6.45, 7) is 3.54. The summed E-state index contributed by atoms with van der Waals surface area (Å²) in [5.41, 5.74) is 0.478. The van der Waals surface area contributed by atoms with Crippen LogP contribution in [0, 0.1) is 0 Å². The minimum absolute atomic E-state index is 0.227. The summed E-state index contributed by atoms with van der Waals surface area (Å²) in [5, 5.41) is 13.2. The highest BCUT2D eigenvalue weighted by Gasteiger charge is 2.20. The Hall–Kier alpha value is -1.98. The number of benzene rings is 1. The lowest BCUT2D eigenvalue weighted by Crippen LogP contribution is -2.41. The Morgan fingerprint density at radius 2 is 2.00 bits per heavy atom. The van der Waals surface area contributed by atoms with Crippen molar-refractivity contribution in [3.63, 3.8) is 0 Å². The van der Waals surface area contributed by atoms with Gasteiger partial charge in [0, 0.05) is 24.5 Å². The maximum absolute atomic E-state index is 12.3. The van der Waals surface area contributed by atoms with Crippen molar-refractivity contribution in [2.45, 2.75) is 19.4 Å². The standard InChI is InChI=1S/C16H20ClN3O2/c1-16(2,22)11-19(3)15(21)18-13-7-6-12(17)10-14(13)20-8-4-5-9-20/h4-10,22H,11H2,1-3H3,(H,18,21). The van der Waals surface area contributed by atoms with Crippen molar-refractivity contribution in [3.05, 3.63) is 47.7 Å². The van der Waals surface area contributed by atoms with Gasteiger partial charge in [-0.05, 0) is 44.2 Å². The van der Waals surface area contributed by atoms with E-state index in [1.54, 1.807) is 39.1 Å². The van der Waals surface area contributed by atoms with E-state index in [0.717, 1.165) is 5.69 Å². The Bertz CT molecular complexity index is 648. The van der Waals surface area contributed by atoms with Crippen LogP contribution in [0.3, 0.4) is 0 Å². The number of halogens is 1. The van der Waals surface area contributed by atoms with Gasteiger partial charge in [-0.1, -0.05) is 11.6 Å². The zero-order chi connectivity index (χ0) is 16.3. The second kappa shape index (κ2) is 6.42. The van der Waals surface area contributed by atoms with Crippen molar-refractivity contribution in [1.29, 1.82) is 0 Å². The van der Waals surface area contributed by atoms with Gasteiger partial charge in [0.1, 0.15) is 0 Å². The molecule has 1 heterocycles. The van der Waals surface area contributed by atoms with E-state index < -0.39 is 5.60 Å². The number of likely N-dealkylation sites (N-methyl/N-ethyl adjacent to an activating group) is 1. The minimum atomic E-state index is -0.949. The van der Waals surface area contributed by atoms with E-state index in [1.165, 1.54) is 4.90 Å². The fraction of sp³-hybridized carbons (Fsp3) is 0.312. The van der Waals surface area contributed by atoms with Gasteiger partial charge >= 0.3 is 6.03 Å². The molecule has 0 saturated heterocycles.